The minimum Gasteiger partial charge on any atom is -0.0149 e. The zero-order valence-corrected chi connectivity index (χ0v) is 19.0. The molecule has 1 aromatic carbocycles. The van der Waals surface area contributed by atoms with Gasteiger partial charge in [0.1, 0.15) is 0 Å². The molecule has 27 heavy (non-hydrogen) atoms. The van der Waals surface area contributed by atoms with Gasteiger partial charge in [0, 0.05) is 0 Å². The van der Waals surface area contributed by atoms with Crippen LogP contribution in [0.4, 0.5) is 0 Å². The van der Waals surface area contributed by atoms with E-state index in [1.807, 2.05) is 19.1 Å². The van der Waals surface area contributed by atoms with Crippen LogP contribution in [0.2, 0.25) is 10.5 Å². The van der Waals surface area contributed by atoms with Crippen molar-refractivity contribution in [2.75, 3.05) is 0 Å². The fourth-order valence-electron chi connectivity index (χ4n) is 4.01. The van der Waals surface area contributed by atoms with Gasteiger partial charge in [-0.15, -0.1) is 0 Å². The average Bonchev–Trinajstić information content (AvgIpc) is 3.05. The predicted octanol–water partition coefficient (Wildman–Crippen LogP) is 3.87. The standard InChI is InChI=1S/C13H9.C5H8.C4H10N.2CH3.H4Si.Ti/c1-9-5-12-7-10-3-2-4-11(10)8-13(12)6-9;1-3-5-4-2;1-4(2,3)5;;;;/h2-5,7-8H,1H3;3-5H,1H2,2H3;5H,1-3H3;2*1H3;1H4;/q;;-1;;;;+1. The number of fused-ring (bicyclic) bond motifs is 2. The fourth-order valence-corrected chi connectivity index (χ4v) is 10.2. The van der Waals surface area contributed by atoms with Gasteiger partial charge in [-0.3, -0.25) is 0 Å². The molecule has 1 N–H and O–H groups in total. The Morgan fingerprint density at radius 2 is 1.78 bits per heavy atom. The second-order valence-corrected chi connectivity index (χ2v) is 14.8. The third-order valence-electron chi connectivity index (χ3n) is 4.48. The van der Waals surface area contributed by atoms with E-state index in [-0.39, 0.29) is 16.5 Å². The number of rotatable bonds is 3. The molecule has 3 rings (SSSR count). The number of allylic oxidation sites excluding steroid dienone is 5. The Morgan fingerprint density at radius 1 is 1.11 bits per heavy atom. The predicted molar refractivity (Wildman–Crippen MR) is 127 cm³/mol. The van der Waals surface area contributed by atoms with Crippen molar-refractivity contribution in [2.24, 2.45) is 0 Å². The van der Waals surface area contributed by atoms with Crippen molar-refractivity contribution >= 4 is 33.1 Å². The number of hydrogen-bond donors (Lipinski definition) is 1. The van der Waals surface area contributed by atoms with E-state index in [2.05, 4.69) is 85.0 Å². The first-order valence-corrected chi connectivity index (χ1v) is 14.1. The molecular weight excluding hydrogens is 378 g/mol. The summed E-state index contributed by atoms with van der Waals surface area (Å²) in [4.78, 5) is 0. The normalized spacial score (nSPS) is 14.6. The molecule has 0 fully saturated rings. The SMILES string of the molecule is C=CC=CC.CC1=Cc2cc3c(cc2=[C]1[Ti]([CH3])([CH3])[NH]C(C)(C)C)C=CC=3.[SiH4]. The molecular formula is C24H37NSiTi. The van der Waals surface area contributed by atoms with Crippen molar-refractivity contribution in [2.45, 2.75) is 50.6 Å². The largest absolute Gasteiger partial charge is 0.0149 e. The molecule has 1 aromatic rings. The molecule has 2 aliphatic rings. The van der Waals surface area contributed by atoms with Crippen LogP contribution in [-0.2, 0) is 16.8 Å². The number of benzene rings is 1. The molecule has 0 unspecified atom stereocenters. The van der Waals surface area contributed by atoms with Gasteiger partial charge in [-0.05, 0) is 17.9 Å². The third-order valence-corrected chi connectivity index (χ3v) is 9.62. The first kappa shape index (κ1) is 23.8. The van der Waals surface area contributed by atoms with Crippen LogP contribution in [0.5, 0.6) is 0 Å². The molecule has 0 saturated heterocycles. The first-order chi connectivity index (χ1) is 12.1. The van der Waals surface area contributed by atoms with Gasteiger partial charge in [-0.25, -0.2) is 0 Å². The van der Waals surface area contributed by atoms with E-state index in [9.17, 15) is 0 Å². The topological polar surface area (TPSA) is 12.0 Å². The maximum atomic E-state index is 3.96. The molecule has 0 aromatic heterocycles. The molecule has 0 bridgehead atoms. The van der Waals surface area contributed by atoms with E-state index in [0.29, 0.717) is 0 Å². The van der Waals surface area contributed by atoms with Crippen molar-refractivity contribution in [3.63, 3.8) is 0 Å². The Bertz CT molecular complexity index is 909. The molecule has 0 amide bonds. The number of nitrogens with one attached hydrogen (secondary N) is 1. The Morgan fingerprint density at radius 3 is 2.30 bits per heavy atom. The van der Waals surface area contributed by atoms with Crippen LogP contribution in [0.3, 0.4) is 0 Å². The van der Waals surface area contributed by atoms with Crippen LogP contribution in [0.25, 0.3) is 22.1 Å². The van der Waals surface area contributed by atoms with Crippen LogP contribution in [0, 0.1) is 0 Å². The minimum atomic E-state index is -2.26. The smallest absolute Gasteiger partial charge is 0.0149 e. The molecule has 0 spiro atoms. The van der Waals surface area contributed by atoms with Crippen LogP contribution < -0.4 is 14.2 Å². The van der Waals surface area contributed by atoms with Crippen molar-refractivity contribution in [1.29, 1.82) is 0 Å². The zero-order chi connectivity index (χ0) is 19.5. The summed E-state index contributed by atoms with van der Waals surface area (Å²) in [5, 5.41) is 7.77. The molecule has 2 aliphatic carbocycles. The summed E-state index contributed by atoms with van der Waals surface area (Å²) in [6, 6.07) is 4.74. The Kier molecular flexibility index (Phi) is 8.25. The van der Waals surface area contributed by atoms with Crippen molar-refractivity contribution in [1.82, 2.24) is 3.80 Å². The monoisotopic (exact) mass is 415 g/mol. The molecule has 0 saturated carbocycles. The van der Waals surface area contributed by atoms with E-state index < -0.39 is 16.8 Å². The minimum absolute atomic E-state index is 0. The molecule has 0 aliphatic heterocycles. The second-order valence-electron chi connectivity index (χ2n) is 8.56. The van der Waals surface area contributed by atoms with Crippen molar-refractivity contribution in [3.8, 4) is 0 Å². The summed E-state index contributed by atoms with van der Waals surface area (Å²) in [5.41, 5.74) is 4.39. The summed E-state index contributed by atoms with van der Waals surface area (Å²) >= 11 is -2.26. The molecule has 1 nitrogen and oxygen atoms in total. The van der Waals surface area contributed by atoms with E-state index in [4.69, 9.17) is 0 Å². The van der Waals surface area contributed by atoms with E-state index in [1.54, 1.807) is 9.95 Å². The van der Waals surface area contributed by atoms with Gasteiger partial charge < -0.3 is 0 Å². The van der Waals surface area contributed by atoms with Gasteiger partial charge in [0.05, 0.1) is 0 Å². The van der Waals surface area contributed by atoms with Crippen molar-refractivity contribution in [3.05, 3.63) is 70.2 Å². The van der Waals surface area contributed by atoms with E-state index in [1.165, 1.54) is 27.1 Å². The van der Waals surface area contributed by atoms with Gasteiger partial charge in [-0.1, -0.05) is 24.8 Å². The Balaban J connectivity index is 0.000000542. The summed E-state index contributed by atoms with van der Waals surface area (Å²) in [5.74, 6) is 0. The average molecular weight is 416 g/mol. The third kappa shape index (κ3) is 5.89. The summed E-state index contributed by atoms with van der Waals surface area (Å²) in [6.45, 7) is 14.5. The maximum absolute atomic E-state index is 3.96. The van der Waals surface area contributed by atoms with Gasteiger partial charge in [0.25, 0.3) is 0 Å². The summed E-state index contributed by atoms with van der Waals surface area (Å²) in [6.07, 6.45) is 14.5. The summed E-state index contributed by atoms with van der Waals surface area (Å²) in [7, 11) is 0. The quantitative estimate of drug-likeness (QED) is 0.584. The number of hydrogen-bond acceptors (Lipinski definition) is 1. The van der Waals surface area contributed by atoms with Crippen LogP contribution in [0.1, 0.15) is 45.7 Å². The van der Waals surface area contributed by atoms with Gasteiger partial charge >= 0.3 is 132 Å². The molecule has 0 heterocycles. The molecule has 146 valence electrons. The first-order valence-electron chi connectivity index (χ1n) is 9.38. The maximum Gasteiger partial charge on any atom is -0.0149 e. The van der Waals surface area contributed by atoms with E-state index >= 15 is 0 Å². The molecule has 0 radical (unpaired) electrons. The second kappa shape index (κ2) is 9.34. The van der Waals surface area contributed by atoms with E-state index in [0.717, 1.165) is 0 Å². The van der Waals surface area contributed by atoms with Crippen molar-refractivity contribution < 1.29 is 16.8 Å². The fraction of sp³-hybridized carbons (Fsp3) is 0.333. The van der Waals surface area contributed by atoms with Gasteiger partial charge in [0.2, 0.25) is 0 Å². The summed E-state index contributed by atoms with van der Waals surface area (Å²) < 4.78 is 5.57. The van der Waals surface area contributed by atoms with Gasteiger partial charge in [0.15, 0.2) is 0 Å². The Labute approximate surface area is 174 Å². The molecule has 0 atom stereocenters. The Hall–Kier alpha value is -1.19. The van der Waals surface area contributed by atoms with Crippen LogP contribution in [0.15, 0.2) is 48.6 Å². The molecule has 3 heteroatoms. The van der Waals surface area contributed by atoms with Gasteiger partial charge in [-0.2, -0.15) is 0 Å². The van der Waals surface area contributed by atoms with Crippen LogP contribution in [-0.4, -0.2) is 16.5 Å². The zero-order valence-electron chi connectivity index (χ0n) is 17.4. The van der Waals surface area contributed by atoms with Crippen LogP contribution >= 0.6 is 0 Å².